The number of ether oxygens (including phenoxy) is 1. The number of aryl methyl sites for hydroxylation is 1. The molecule has 0 bridgehead atoms. The van der Waals surface area contributed by atoms with Crippen molar-refractivity contribution in [2.24, 2.45) is 0 Å². The van der Waals surface area contributed by atoms with Crippen LogP contribution in [0.2, 0.25) is 0 Å². The largest absolute Gasteiger partial charge is 0.497 e. The van der Waals surface area contributed by atoms with Crippen LogP contribution >= 0.6 is 0 Å². The van der Waals surface area contributed by atoms with E-state index in [1.165, 1.54) is 0 Å². The van der Waals surface area contributed by atoms with Crippen LogP contribution in [0.25, 0.3) is 11.4 Å². The van der Waals surface area contributed by atoms with Crippen LogP contribution in [0, 0.1) is 6.92 Å². The lowest BCUT2D eigenvalue weighted by molar-refractivity contribution is 0.410. The molecule has 1 fully saturated rings. The van der Waals surface area contributed by atoms with Crippen molar-refractivity contribution in [2.75, 3.05) is 18.6 Å². The van der Waals surface area contributed by atoms with Gasteiger partial charge in [0.25, 0.3) is 0 Å². The highest BCUT2D eigenvalue weighted by Gasteiger charge is 2.31. The van der Waals surface area contributed by atoms with Gasteiger partial charge in [-0.2, -0.15) is 4.98 Å². The summed E-state index contributed by atoms with van der Waals surface area (Å²) in [4.78, 5) is 11.4. The third-order valence-electron chi connectivity index (χ3n) is 4.49. The van der Waals surface area contributed by atoms with Crippen LogP contribution in [0.15, 0.2) is 47.0 Å². The Morgan fingerprint density at radius 1 is 1.16 bits per heavy atom. The van der Waals surface area contributed by atoms with Gasteiger partial charge < -0.3 is 14.2 Å². The summed E-state index contributed by atoms with van der Waals surface area (Å²) in [5.74, 6) is 1.34. The molecule has 4 rings (SSSR count). The van der Waals surface area contributed by atoms with Crippen LogP contribution in [0.3, 0.4) is 0 Å². The van der Waals surface area contributed by atoms with E-state index in [0.29, 0.717) is 11.8 Å². The quantitative estimate of drug-likeness (QED) is 0.722. The van der Waals surface area contributed by atoms with E-state index in [2.05, 4.69) is 26.1 Å². The first-order valence-electron chi connectivity index (χ1n) is 8.43. The molecule has 6 nitrogen and oxygen atoms in total. The van der Waals surface area contributed by atoms with Gasteiger partial charge in [-0.15, -0.1) is 0 Å². The Morgan fingerprint density at radius 2 is 2.04 bits per heavy atom. The SMILES string of the molecule is COc1cccc(-c2noc(N3CCC[C@H]3c3cccc(C)n3)n2)c1. The Kier molecular flexibility index (Phi) is 4.09. The number of benzene rings is 1. The van der Waals surface area contributed by atoms with Crippen molar-refractivity contribution < 1.29 is 9.26 Å². The van der Waals surface area contributed by atoms with Gasteiger partial charge in [0.2, 0.25) is 5.82 Å². The minimum Gasteiger partial charge on any atom is -0.497 e. The van der Waals surface area contributed by atoms with Gasteiger partial charge in [-0.25, -0.2) is 0 Å². The van der Waals surface area contributed by atoms with Crippen molar-refractivity contribution in [1.29, 1.82) is 0 Å². The molecule has 1 saturated heterocycles. The Bertz CT molecular complexity index is 877. The third-order valence-corrected chi connectivity index (χ3v) is 4.49. The van der Waals surface area contributed by atoms with E-state index in [-0.39, 0.29) is 6.04 Å². The van der Waals surface area contributed by atoms with Gasteiger partial charge >= 0.3 is 6.01 Å². The number of anilines is 1. The molecule has 0 spiro atoms. The standard InChI is InChI=1S/C19H20N4O2/c1-13-6-3-9-16(20-13)17-10-5-11-23(17)19-21-18(22-25-19)14-7-4-8-15(12-14)24-2/h3-4,6-9,12,17H,5,10-11H2,1-2H3/t17-/m0/s1. The molecule has 1 atom stereocenters. The lowest BCUT2D eigenvalue weighted by Gasteiger charge is -2.21. The summed E-state index contributed by atoms with van der Waals surface area (Å²) in [7, 11) is 1.64. The molecule has 0 unspecified atom stereocenters. The van der Waals surface area contributed by atoms with Gasteiger partial charge in [0.1, 0.15) is 5.75 Å². The normalized spacial score (nSPS) is 17.0. The number of methoxy groups -OCH3 is 1. The maximum Gasteiger partial charge on any atom is 0.324 e. The molecule has 25 heavy (non-hydrogen) atoms. The molecule has 1 aliphatic rings. The summed E-state index contributed by atoms with van der Waals surface area (Å²) >= 11 is 0. The molecule has 128 valence electrons. The highest BCUT2D eigenvalue weighted by Crippen LogP contribution is 2.35. The van der Waals surface area contributed by atoms with Crippen LogP contribution in [-0.4, -0.2) is 28.8 Å². The number of pyridine rings is 1. The van der Waals surface area contributed by atoms with Crippen molar-refractivity contribution in [3.63, 3.8) is 0 Å². The fourth-order valence-electron chi connectivity index (χ4n) is 3.26. The van der Waals surface area contributed by atoms with E-state index in [9.17, 15) is 0 Å². The second-order valence-corrected chi connectivity index (χ2v) is 6.19. The summed E-state index contributed by atoms with van der Waals surface area (Å²) in [6.45, 7) is 2.90. The van der Waals surface area contributed by atoms with Gasteiger partial charge in [0.15, 0.2) is 0 Å². The van der Waals surface area contributed by atoms with Crippen LogP contribution in [0.5, 0.6) is 5.75 Å². The highest BCUT2D eigenvalue weighted by molar-refractivity contribution is 5.58. The molecule has 3 heterocycles. The topological polar surface area (TPSA) is 64.3 Å². The van der Waals surface area contributed by atoms with Crippen LogP contribution < -0.4 is 9.64 Å². The molecule has 1 aromatic carbocycles. The molecule has 2 aromatic heterocycles. The lowest BCUT2D eigenvalue weighted by atomic mass is 10.1. The van der Waals surface area contributed by atoms with E-state index in [1.807, 2.05) is 43.3 Å². The average molecular weight is 336 g/mol. The van der Waals surface area contributed by atoms with Gasteiger partial charge in [0, 0.05) is 17.8 Å². The Balaban J connectivity index is 1.62. The number of aromatic nitrogens is 3. The molecule has 3 aromatic rings. The zero-order valence-corrected chi connectivity index (χ0v) is 14.3. The second-order valence-electron chi connectivity index (χ2n) is 6.19. The molecular formula is C19H20N4O2. The van der Waals surface area contributed by atoms with Gasteiger partial charge in [-0.05, 0) is 44.0 Å². The molecule has 0 aliphatic carbocycles. The molecule has 0 N–H and O–H groups in total. The maximum atomic E-state index is 5.55. The highest BCUT2D eigenvalue weighted by atomic mass is 16.5. The molecule has 0 radical (unpaired) electrons. The minimum absolute atomic E-state index is 0.179. The summed E-state index contributed by atoms with van der Waals surface area (Å²) in [5, 5.41) is 4.15. The molecule has 0 amide bonds. The summed E-state index contributed by atoms with van der Waals surface area (Å²) in [6, 6.07) is 14.5. The lowest BCUT2D eigenvalue weighted by Crippen LogP contribution is -2.23. The number of rotatable bonds is 4. The van der Waals surface area contributed by atoms with Crippen LogP contribution in [0.4, 0.5) is 6.01 Å². The number of hydrogen-bond donors (Lipinski definition) is 0. The summed E-state index contributed by atoms with van der Waals surface area (Å²) in [5.41, 5.74) is 2.95. The van der Waals surface area contributed by atoms with Gasteiger partial charge in [0.05, 0.1) is 18.8 Å². The molecular weight excluding hydrogens is 316 g/mol. The fraction of sp³-hybridized carbons (Fsp3) is 0.316. The van der Waals surface area contributed by atoms with Crippen molar-refractivity contribution >= 4 is 6.01 Å². The van der Waals surface area contributed by atoms with E-state index in [4.69, 9.17) is 9.26 Å². The first-order valence-corrected chi connectivity index (χ1v) is 8.43. The zero-order valence-electron chi connectivity index (χ0n) is 14.3. The van der Waals surface area contributed by atoms with Crippen molar-refractivity contribution in [2.45, 2.75) is 25.8 Å². The van der Waals surface area contributed by atoms with Gasteiger partial charge in [-0.3, -0.25) is 4.98 Å². The van der Waals surface area contributed by atoms with Crippen molar-refractivity contribution in [3.05, 3.63) is 53.9 Å². The molecule has 0 saturated carbocycles. The third kappa shape index (κ3) is 3.07. The summed E-state index contributed by atoms with van der Waals surface area (Å²) in [6.07, 6.45) is 2.12. The molecule has 6 heteroatoms. The van der Waals surface area contributed by atoms with E-state index >= 15 is 0 Å². The second kappa shape index (κ2) is 6.55. The minimum atomic E-state index is 0.179. The number of hydrogen-bond acceptors (Lipinski definition) is 6. The first-order chi connectivity index (χ1) is 12.2. The first kappa shape index (κ1) is 15.6. The average Bonchev–Trinajstić information content (AvgIpc) is 3.31. The Hall–Kier alpha value is -2.89. The van der Waals surface area contributed by atoms with Crippen molar-refractivity contribution in [3.8, 4) is 17.1 Å². The van der Waals surface area contributed by atoms with E-state index in [0.717, 1.165) is 42.1 Å². The zero-order chi connectivity index (χ0) is 17.2. The smallest absolute Gasteiger partial charge is 0.324 e. The van der Waals surface area contributed by atoms with E-state index < -0.39 is 0 Å². The van der Waals surface area contributed by atoms with Gasteiger partial charge in [-0.1, -0.05) is 23.4 Å². The predicted molar refractivity (Wildman–Crippen MR) is 94.6 cm³/mol. The van der Waals surface area contributed by atoms with Crippen molar-refractivity contribution in [1.82, 2.24) is 15.1 Å². The van der Waals surface area contributed by atoms with Crippen LogP contribution in [0.1, 0.15) is 30.3 Å². The maximum absolute atomic E-state index is 5.55. The number of nitrogens with zero attached hydrogens (tertiary/aromatic N) is 4. The fourth-order valence-corrected chi connectivity index (χ4v) is 3.26. The Morgan fingerprint density at radius 3 is 2.88 bits per heavy atom. The monoisotopic (exact) mass is 336 g/mol. The van der Waals surface area contributed by atoms with Crippen LogP contribution in [-0.2, 0) is 0 Å². The predicted octanol–water partition coefficient (Wildman–Crippen LogP) is 3.79. The van der Waals surface area contributed by atoms with E-state index in [1.54, 1.807) is 7.11 Å². The summed E-state index contributed by atoms with van der Waals surface area (Å²) < 4.78 is 10.8. The molecule has 1 aliphatic heterocycles. The Labute approximate surface area is 146 Å².